The Morgan fingerprint density at radius 2 is 0.824 bits per heavy atom. The molecule has 2 nitrogen and oxygen atoms in total. The number of benzene rings is 2. The molecule has 3 heteroatoms. The minimum Gasteiger partial charge on any atom is -0.285 e. The average Bonchev–Trinajstić information content (AvgIpc) is 2.36. The van der Waals surface area contributed by atoms with E-state index < -0.39 is 11.6 Å². The third kappa shape index (κ3) is 1.86. The van der Waals surface area contributed by atoms with Gasteiger partial charge in [-0.25, -0.2) is 0 Å². The molecule has 0 heterocycles. The molecule has 0 unspecified atom stereocenters. The van der Waals surface area contributed by atoms with E-state index in [-0.39, 0.29) is 37.7 Å². The van der Waals surface area contributed by atoms with Gasteiger partial charge in [-0.3, -0.25) is 9.59 Å². The standard InChI is InChI=1S/C14H8O2.Ar/c15-13-11-7-3-1-5-9(11)10-6-2-4-8-12(10)14(13)16;/h1-8H;. The van der Waals surface area contributed by atoms with Crippen LogP contribution in [0.15, 0.2) is 48.5 Å². The molecule has 0 saturated carbocycles. The van der Waals surface area contributed by atoms with E-state index >= 15 is 0 Å². The van der Waals surface area contributed by atoms with Crippen LogP contribution in [0.4, 0.5) is 0 Å². The monoisotopic (exact) mass is 248 g/mol. The van der Waals surface area contributed by atoms with E-state index in [1.807, 2.05) is 24.3 Å². The number of hydrogen-bond acceptors (Lipinski definition) is 2. The Kier molecular flexibility index (Phi) is 3.48. The van der Waals surface area contributed by atoms with E-state index in [1.54, 1.807) is 24.3 Å². The molecule has 0 N–H and O–H groups in total. The van der Waals surface area contributed by atoms with Gasteiger partial charge in [0.2, 0.25) is 11.6 Å². The number of carbonyl (C=O) groups is 2. The summed E-state index contributed by atoms with van der Waals surface area (Å²) in [5.74, 6) is -0.816. The van der Waals surface area contributed by atoms with Crippen LogP contribution in [0.3, 0.4) is 0 Å². The third-order valence-corrected chi connectivity index (χ3v) is 2.84. The van der Waals surface area contributed by atoms with Gasteiger partial charge in [-0.1, -0.05) is 48.5 Å². The zero-order valence-electron chi connectivity index (χ0n) is 8.79. The van der Waals surface area contributed by atoms with Gasteiger partial charge in [-0.15, -0.1) is 0 Å². The first-order valence-electron chi connectivity index (χ1n) is 5.06. The first-order chi connectivity index (χ1) is 7.79. The zero-order valence-corrected chi connectivity index (χ0v) is 9.50. The second kappa shape index (κ2) is 4.73. The van der Waals surface area contributed by atoms with Crippen molar-refractivity contribution in [3.8, 4) is 11.1 Å². The van der Waals surface area contributed by atoms with Crippen LogP contribution in [0.25, 0.3) is 11.1 Å². The fourth-order valence-electron chi connectivity index (χ4n) is 2.08. The molecule has 0 bridgehead atoms. The van der Waals surface area contributed by atoms with Gasteiger partial charge in [0.05, 0.1) is 0 Å². The Morgan fingerprint density at radius 1 is 0.529 bits per heavy atom. The summed E-state index contributed by atoms with van der Waals surface area (Å²) < 4.78 is 0. The van der Waals surface area contributed by atoms with Crippen molar-refractivity contribution < 1.29 is 47.3 Å². The van der Waals surface area contributed by atoms with Gasteiger partial charge < -0.3 is 0 Å². The SMILES string of the molecule is O=C1C(=O)c2ccccc2-c2ccccc21.[Ar]. The van der Waals surface area contributed by atoms with Gasteiger partial charge in [0.25, 0.3) is 0 Å². The zero-order chi connectivity index (χ0) is 11.1. The molecule has 0 saturated heterocycles. The van der Waals surface area contributed by atoms with Crippen molar-refractivity contribution in [1.82, 2.24) is 0 Å². The number of hydrogen-bond donors (Lipinski definition) is 0. The van der Waals surface area contributed by atoms with Gasteiger partial charge in [-0.2, -0.15) is 0 Å². The topological polar surface area (TPSA) is 34.1 Å². The summed E-state index contributed by atoms with van der Waals surface area (Å²) in [6.45, 7) is 0. The molecular weight excluding hydrogens is 240 g/mol. The summed E-state index contributed by atoms with van der Waals surface area (Å²) in [6, 6.07) is 14.4. The Bertz CT molecular complexity index is 562. The molecule has 2 aromatic rings. The molecule has 0 aliphatic heterocycles. The third-order valence-electron chi connectivity index (χ3n) is 2.84. The maximum atomic E-state index is 11.8. The van der Waals surface area contributed by atoms with Crippen LogP contribution in [0.1, 0.15) is 20.7 Å². The number of Topliss-reactive ketones (excluding diaryl/α,β-unsaturated/α-hetero) is 2. The first kappa shape index (κ1) is 12.5. The molecule has 0 spiro atoms. The minimum absolute atomic E-state index is 0. The van der Waals surface area contributed by atoms with Crippen molar-refractivity contribution in [2.24, 2.45) is 0 Å². The van der Waals surface area contributed by atoms with Crippen molar-refractivity contribution in [2.75, 3.05) is 0 Å². The van der Waals surface area contributed by atoms with Gasteiger partial charge in [-0.05, 0) is 11.1 Å². The van der Waals surface area contributed by atoms with Gasteiger partial charge in [0.15, 0.2) is 0 Å². The first-order valence-corrected chi connectivity index (χ1v) is 5.06. The molecular formula is C14H8ArO2. The summed E-state index contributed by atoms with van der Waals surface area (Å²) in [4.78, 5) is 23.7. The molecule has 0 amide bonds. The molecule has 1 aliphatic carbocycles. The molecule has 0 aromatic heterocycles. The number of ketones is 2. The largest absolute Gasteiger partial charge is 0.285 e. The van der Waals surface area contributed by atoms with Gasteiger partial charge in [0, 0.05) is 48.9 Å². The van der Waals surface area contributed by atoms with Crippen LogP contribution in [-0.4, -0.2) is 11.6 Å². The van der Waals surface area contributed by atoms with E-state index in [4.69, 9.17) is 0 Å². The van der Waals surface area contributed by atoms with Crippen LogP contribution in [0, 0.1) is 37.7 Å². The van der Waals surface area contributed by atoms with E-state index in [0.717, 1.165) is 11.1 Å². The van der Waals surface area contributed by atoms with Crippen molar-refractivity contribution in [3.63, 3.8) is 0 Å². The van der Waals surface area contributed by atoms with Crippen molar-refractivity contribution >= 4 is 11.6 Å². The van der Waals surface area contributed by atoms with Crippen LogP contribution in [0.2, 0.25) is 0 Å². The quantitative estimate of drug-likeness (QED) is 0.672. The molecule has 3 rings (SSSR count). The summed E-state index contributed by atoms with van der Waals surface area (Å²) in [7, 11) is 0. The molecule has 1 aliphatic rings. The van der Waals surface area contributed by atoms with E-state index in [9.17, 15) is 9.59 Å². The molecule has 2 aromatic carbocycles. The fourth-order valence-corrected chi connectivity index (χ4v) is 2.08. The Labute approximate surface area is 129 Å². The summed E-state index contributed by atoms with van der Waals surface area (Å²) >= 11 is 0. The maximum Gasteiger partial charge on any atom is 0.234 e. The second-order valence-electron chi connectivity index (χ2n) is 3.75. The average molecular weight is 248 g/mol. The normalized spacial score (nSPS) is 12.5. The molecule has 0 atom stereocenters. The Balaban J connectivity index is 0.00000108. The van der Waals surface area contributed by atoms with Crippen LogP contribution < -0.4 is 0 Å². The molecule has 0 fully saturated rings. The van der Waals surface area contributed by atoms with Crippen molar-refractivity contribution in [3.05, 3.63) is 59.7 Å². The number of carbonyl (C=O) groups excluding carboxylic acids is 2. The van der Waals surface area contributed by atoms with Crippen LogP contribution in [-0.2, 0) is 0 Å². The fraction of sp³-hybridized carbons (Fsp3) is 0. The van der Waals surface area contributed by atoms with Gasteiger partial charge >= 0.3 is 0 Å². The molecule has 0 radical (unpaired) electrons. The van der Waals surface area contributed by atoms with Crippen LogP contribution in [0.5, 0.6) is 0 Å². The summed E-state index contributed by atoms with van der Waals surface area (Å²) in [5, 5.41) is 0. The van der Waals surface area contributed by atoms with Crippen LogP contribution >= 0.6 is 0 Å². The summed E-state index contributed by atoms with van der Waals surface area (Å²) in [5.41, 5.74) is 2.71. The van der Waals surface area contributed by atoms with Gasteiger partial charge in [0.1, 0.15) is 0 Å². The van der Waals surface area contributed by atoms with E-state index in [0.29, 0.717) is 11.1 Å². The molecule has 84 valence electrons. The van der Waals surface area contributed by atoms with E-state index in [1.165, 1.54) is 0 Å². The Hall–Kier alpha value is -0.960. The Morgan fingerprint density at radius 3 is 1.18 bits per heavy atom. The number of fused-ring (bicyclic) bond motifs is 3. The van der Waals surface area contributed by atoms with Crippen molar-refractivity contribution in [2.45, 2.75) is 0 Å². The predicted octanol–water partition coefficient (Wildman–Crippen LogP) is 2.73. The maximum absolute atomic E-state index is 11.8. The molecule has 17 heavy (non-hydrogen) atoms. The summed E-state index contributed by atoms with van der Waals surface area (Å²) in [6.07, 6.45) is 0. The predicted molar refractivity (Wildman–Crippen MR) is 60.5 cm³/mol. The van der Waals surface area contributed by atoms with E-state index in [2.05, 4.69) is 0 Å². The minimum atomic E-state index is -0.408. The smallest absolute Gasteiger partial charge is 0.234 e. The second-order valence-corrected chi connectivity index (χ2v) is 3.75. The number of rotatable bonds is 0. The van der Waals surface area contributed by atoms with Crippen molar-refractivity contribution in [1.29, 1.82) is 0 Å².